The first-order valence-corrected chi connectivity index (χ1v) is 10.9. The third-order valence-corrected chi connectivity index (χ3v) is 6.46. The van der Waals surface area contributed by atoms with Crippen molar-refractivity contribution in [2.75, 3.05) is 6.79 Å². The van der Waals surface area contributed by atoms with Crippen LogP contribution in [0.25, 0.3) is 10.9 Å². The average molecular weight is 405 g/mol. The molecule has 156 valence electrons. The fraction of sp³-hybridized carbons (Fsp3) is 0.400. The molecule has 0 saturated heterocycles. The first-order chi connectivity index (χ1) is 14.7. The maximum atomic E-state index is 13.1. The number of amides is 1. The highest BCUT2D eigenvalue weighted by atomic mass is 16.7. The van der Waals surface area contributed by atoms with E-state index in [2.05, 4.69) is 53.5 Å². The molecule has 5 rings (SSSR count). The molecule has 3 aromatic rings. The third-order valence-electron chi connectivity index (χ3n) is 6.46. The summed E-state index contributed by atoms with van der Waals surface area (Å²) in [5, 5.41) is 4.48. The van der Waals surface area contributed by atoms with Crippen LogP contribution in [0.4, 0.5) is 0 Å². The molecule has 1 fully saturated rings. The number of para-hydroxylation sites is 1. The van der Waals surface area contributed by atoms with Crippen LogP contribution in [0.15, 0.2) is 48.7 Å². The van der Waals surface area contributed by atoms with Crippen molar-refractivity contribution in [1.29, 1.82) is 0 Å². The van der Waals surface area contributed by atoms with Gasteiger partial charge < -0.3 is 19.4 Å². The Bertz CT molecular complexity index is 1070. The Morgan fingerprint density at radius 1 is 1.10 bits per heavy atom. The summed E-state index contributed by atoms with van der Waals surface area (Å²) in [5.74, 6) is 1.60. The molecular weight excluding hydrogens is 376 g/mol. The number of benzene rings is 2. The molecule has 0 unspecified atom stereocenters. The molecule has 1 aromatic heterocycles. The summed E-state index contributed by atoms with van der Waals surface area (Å²) < 4.78 is 13.2. The maximum absolute atomic E-state index is 13.1. The highest BCUT2D eigenvalue weighted by Gasteiger charge is 2.26. The standard InChI is InChI=1S/C25H28N2O3/c1-27-15-21(19-9-5-6-10-22(19)27)20(14-25(28)26-18-7-3-2-4-8-18)17-11-12-23-24(13-17)30-16-29-23/h5-6,9-13,15,18,20H,2-4,7-8,14,16H2,1H3,(H,26,28)/t20-/m0/s1. The molecule has 1 atom stereocenters. The highest BCUT2D eigenvalue weighted by molar-refractivity contribution is 5.86. The fourth-order valence-corrected chi connectivity index (χ4v) is 4.91. The van der Waals surface area contributed by atoms with E-state index >= 15 is 0 Å². The van der Waals surface area contributed by atoms with Gasteiger partial charge in [-0.15, -0.1) is 0 Å². The first-order valence-electron chi connectivity index (χ1n) is 10.9. The van der Waals surface area contributed by atoms with Gasteiger partial charge in [-0.3, -0.25) is 4.79 Å². The van der Waals surface area contributed by atoms with E-state index in [1.807, 2.05) is 12.1 Å². The molecule has 0 bridgehead atoms. The Morgan fingerprint density at radius 3 is 2.77 bits per heavy atom. The number of hydrogen-bond donors (Lipinski definition) is 1. The number of rotatable bonds is 5. The van der Waals surface area contributed by atoms with Gasteiger partial charge in [-0.1, -0.05) is 43.5 Å². The van der Waals surface area contributed by atoms with Crippen molar-refractivity contribution < 1.29 is 14.3 Å². The van der Waals surface area contributed by atoms with Crippen LogP contribution in [0.2, 0.25) is 0 Å². The number of aromatic nitrogens is 1. The van der Waals surface area contributed by atoms with Crippen molar-refractivity contribution in [3.63, 3.8) is 0 Å². The first kappa shape index (κ1) is 19.0. The molecule has 5 heteroatoms. The van der Waals surface area contributed by atoms with E-state index in [4.69, 9.17) is 9.47 Å². The van der Waals surface area contributed by atoms with Crippen molar-refractivity contribution in [1.82, 2.24) is 9.88 Å². The van der Waals surface area contributed by atoms with Gasteiger partial charge in [0.1, 0.15) is 0 Å². The normalized spacial score (nSPS) is 17.2. The van der Waals surface area contributed by atoms with Crippen LogP contribution in [0.5, 0.6) is 11.5 Å². The zero-order chi connectivity index (χ0) is 20.5. The van der Waals surface area contributed by atoms with Gasteiger partial charge in [-0.05, 0) is 42.2 Å². The van der Waals surface area contributed by atoms with Gasteiger partial charge in [-0.25, -0.2) is 0 Å². The molecule has 5 nitrogen and oxygen atoms in total. The van der Waals surface area contributed by atoms with E-state index in [9.17, 15) is 4.79 Å². The minimum atomic E-state index is -0.0470. The molecule has 2 heterocycles. The molecule has 1 aliphatic heterocycles. The number of carbonyl (C=O) groups is 1. The predicted molar refractivity (Wildman–Crippen MR) is 117 cm³/mol. The van der Waals surface area contributed by atoms with E-state index in [-0.39, 0.29) is 18.6 Å². The lowest BCUT2D eigenvalue weighted by molar-refractivity contribution is -0.122. The van der Waals surface area contributed by atoms with Crippen LogP contribution in [0.3, 0.4) is 0 Å². The number of hydrogen-bond acceptors (Lipinski definition) is 3. The number of ether oxygens (including phenoxy) is 2. The topological polar surface area (TPSA) is 52.5 Å². The zero-order valence-corrected chi connectivity index (χ0v) is 17.4. The maximum Gasteiger partial charge on any atom is 0.231 e. The van der Waals surface area contributed by atoms with Crippen molar-refractivity contribution in [2.45, 2.75) is 50.5 Å². The summed E-state index contributed by atoms with van der Waals surface area (Å²) in [6, 6.07) is 14.7. The van der Waals surface area contributed by atoms with E-state index in [1.54, 1.807) is 0 Å². The lowest BCUT2D eigenvalue weighted by atomic mass is 9.87. The third kappa shape index (κ3) is 3.64. The second-order valence-electron chi connectivity index (χ2n) is 8.48. The van der Waals surface area contributed by atoms with Crippen LogP contribution >= 0.6 is 0 Å². The lowest BCUT2D eigenvalue weighted by Gasteiger charge is -2.24. The molecule has 0 radical (unpaired) electrons. The number of nitrogens with one attached hydrogen (secondary N) is 1. The predicted octanol–water partition coefficient (Wildman–Crippen LogP) is 4.88. The monoisotopic (exact) mass is 404 g/mol. The molecule has 30 heavy (non-hydrogen) atoms. The number of fused-ring (bicyclic) bond motifs is 2. The Morgan fingerprint density at radius 2 is 1.90 bits per heavy atom. The van der Waals surface area contributed by atoms with Gasteiger partial charge in [0, 0.05) is 42.5 Å². The van der Waals surface area contributed by atoms with Gasteiger partial charge in [0.25, 0.3) is 0 Å². The Kier molecular flexibility index (Phi) is 5.11. The van der Waals surface area contributed by atoms with Crippen molar-refractivity contribution in [2.24, 2.45) is 7.05 Å². The van der Waals surface area contributed by atoms with Gasteiger partial charge in [-0.2, -0.15) is 0 Å². The average Bonchev–Trinajstić information content (AvgIpc) is 3.37. The molecule has 2 aliphatic rings. The Hall–Kier alpha value is -2.95. The molecule has 2 aromatic carbocycles. The van der Waals surface area contributed by atoms with E-state index in [0.29, 0.717) is 12.5 Å². The Labute approximate surface area is 177 Å². The Balaban J connectivity index is 1.49. The zero-order valence-electron chi connectivity index (χ0n) is 17.4. The van der Waals surface area contributed by atoms with Crippen molar-refractivity contribution in [3.8, 4) is 11.5 Å². The molecule has 1 amide bonds. The fourth-order valence-electron chi connectivity index (χ4n) is 4.91. The minimum absolute atomic E-state index is 0.0470. The SMILES string of the molecule is Cn1cc([C@@H](CC(=O)NC2CCCCC2)c2ccc3c(c2)OCO3)c2ccccc21. The van der Waals surface area contributed by atoms with Gasteiger partial charge in [0.15, 0.2) is 11.5 Å². The van der Waals surface area contributed by atoms with Crippen molar-refractivity contribution >= 4 is 16.8 Å². The number of aryl methyl sites for hydroxylation is 1. The minimum Gasteiger partial charge on any atom is -0.454 e. The molecular formula is C25H28N2O3. The second-order valence-corrected chi connectivity index (χ2v) is 8.48. The summed E-state index contributed by atoms with van der Waals surface area (Å²) in [7, 11) is 2.06. The van der Waals surface area contributed by atoms with Crippen LogP contribution in [-0.2, 0) is 11.8 Å². The largest absolute Gasteiger partial charge is 0.454 e. The van der Waals surface area contributed by atoms with Crippen LogP contribution in [-0.4, -0.2) is 23.3 Å². The van der Waals surface area contributed by atoms with Gasteiger partial charge >= 0.3 is 0 Å². The van der Waals surface area contributed by atoms with Gasteiger partial charge in [0.05, 0.1) is 0 Å². The molecule has 1 N–H and O–H groups in total. The van der Waals surface area contributed by atoms with Crippen LogP contribution < -0.4 is 14.8 Å². The van der Waals surface area contributed by atoms with Gasteiger partial charge in [0.2, 0.25) is 12.7 Å². The molecule has 0 spiro atoms. The summed E-state index contributed by atoms with van der Waals surface area (Å²) in [6.45, 7) is 0.250. The van der Waals surface area contributed by atoms with Crippen LogP contribution in [0.1, 0.15) is 55.6 Å². The summed E-state index contributed by atoms with van der Waals surface area (Å²) in [6.07, 6.45) is 8.46. The quantitative estimate of drug-likeness (QED) is 0.660. The summed E-state index contributed by atoms with van der Waals surface area (Å²) >= 11 is 0. The van der Waals surface area contributed by atoms with Crippen molar-refractivity contribution in [3.05, 3.63) is 59.8 Å². The van der Waals surface area contributed by atoms with Crippen LogP contribution in [0, 0.1) is 0 Å². The smallest absolute Gasteiger partial charge is 0.231 e. The second kappa shape index (κ2) is 8.05. The van der Waals surface area contributed by atoms with E-state index in [1.165, 1.54) is 35.7 Å². The summed E-state index contributed by atoms with van der Waals surface area (Å²) in [4.78, 5) is 13.1. The molecule has 1 aliphatic carbocycles. The summed E-state index contributed by atoms with van der Waals surface area (Å²) in [5.41, 5.74) is 3.42. The van der Waals surface area contributed by atoms with E-state index in [0.717, 1.165) is 29.9 Å². The van der Waals surface area contributed by atoms with E-state index < -0.39 is 0 Å². The molecule has 1 saturated carbocycles. The number of nitrogens with zero attached hydrogens (tertiary/aromatic N) is 1. The highest BCUT2D eigenvalue weighted by Crippen LogP contribution is 2.40. The lowest BCUT2D eigenvalue weighted by Crippen LogP contribution is -2.36. The number of carbonyl (C=O) groups excluding carboxylic acids is 1.